The molecule has 0 radical (unpaired) electrons. The minimum atomic E-state index is -3.56. The van der Waals surface area contributed by atoms with E-state index in [4.69, 9.17) is 16.7 Å². The predicted octanol–water partition coefficient (Wildman–Crippen LogP) is 2.69. The van der Waals surface area contributed by atoms with Crippen molar-refractivity contribution in [3.8, 4) is 0 Å². The number of hydrogen-bond acceptors (Lipinski definition) is 3. The van der Waals surface area contributed by atoms with Crippen molar-refractivity contribution in [2.75, 3.05) is 0 Å². The molecule has 112 valence electrons. The summed E-state index contributed by atoms with van der Waals surface area (Å²) in [6.07, 6.45) is 4.08. The van der Waals surface area contributed by atoms with Gasteiger partial charge in [0.15, 0.2) is 0 Å². The standard InChI is InChI=1S/C14H20ClNO3S/c1-2-12(7-10-3-4-10)16-20(18,19)13-5-6-14(15)11(8-13)9-17/h5-6,8,10,12,16-17H,2-4,7,9H2,1H3. The van der Waals surface area contributed by atoms with E-state index in [1.54, 1.807) is 0 Å². The molecule has 1 fully saturated rings. The lowest BCUT2D eigenvalue weighted by Gasteiger charge is -2.17. The fourth-order valence-electron chi connectivity index (χ4n) is 2.18. The molecule has 0 aromatic heterocycles. The lowest BCUT2D eigenvalue weighted by atomic mass is 10.1. The number of rotatable bonds is 7. The van der Waals surface area contributed by atoms with E-state index in [2.05, 4.69) is 4.72 Å². The van der Waals surface area contributed by atoms with Gasteiger partial charge >= 0.3 is 0 Å². The van der Waals surface area contributed by atoms with Crippen LogP contribution < -0.4 is 4.72 Å². The molecule has 1 aliphatic rings. The quantitative estimate of drug-likeness (QED) is 0.812. The molecule has 6 heteroatoms. The lowest BCUT2D eigenvalue weighted by molar-refractivity contribution is 0.281. The van der Waals surface area contributed by atoms with E-state index in [0.717, 1.165) is 12.8 Å². The van der Waals surface area contributed by atoms with Crippen molar-refractivity contribution >= 4 is 21.6 Å². The van der Waals surface area contributed by atoms with E-state index in [0.29, 0.717) is 16.5 Å². The second-order valence-corrected chi connectivity index (χ2v) is 7.44. The summed E-state index contributed by atoms with van der Waals surface area (Å²) in [7, 11) is -3.56. The number of nitrogens with one attached hydrogen (secondary N) is 1. The van der Waals surface area contributed by atoms with E-state index in [1.165, 1.54) is 31.0 Å². The van der Waals surface area contributed by atoms with Gasteiger partial charge in [0.2, 0.25) is 10.0 Å². The Morgan fingerprint density at radius 3 is 2.70 bits per heavy atom. The first-order valence-electron chi connectivity index (χ1n) is 6.88. The summed E-state index contributed by atoms with van der Waals surface area (Å²) in [5.41, 5.74) is 0.421. The summed E-state index contributed by atoms with van der Waals surface area (Å²) < 4.78 is 27.4. The first-order chi connectivity index (χ1) is 9.46. The summed E-state index contributed by atoms with van der Waals surface area (Å²) in [6, 6.07) is 4.37. The van der Waals surface area contributed by atoms with Gasteiger partial charge in [-0.1, -0.05) is 31.4 Å². The average Bonchev–Trinajstić information content (AvgIpc) is 3.22. The molecule has 0 spiro atoms. The van der Waals surface area contributed by atoms with Gasteiger partial charge in [0.1, 0.15) is 0 Å². The van der Waals surface area contributed by atoms with Gasteiger partial charge < -0.3 is 5.11 Å². The highest BCUT2D eigenvalue weighted by Crippen LogP contribution is 2.34. The van der Waals surface area contributed by atoms with Crippen LogP contribution in [-0.4, -0.2) is 19.6 Å². The van der Waals surface area contributed by atoms with E-state index in [1.807, 2.05) is 6.92 Å². The molecule has 0 bridgehead atoms. The monoisotopic (exact) mass is 317 g/mol. The predicted molar refractivity (Wildman–Crippen MR) is 79.1 cm³/mol. The zero-order chi connectivity index (χ0) is 14.8. The molecule has 0 heterocycles. The second kappa shape index (κ2) is 6.43. The number of hydrogen-bond donors (Lipinski definition) is 2. The van der Waals surface area contributed by atoms with Crippen LogP contribution in [0.4, 0.5) is 0 Å². The lowest BCUT2D eigenvalue weighted by Crippen LogP contribution is -2.34. The van der Waals surface area contributed by atoms with Gasteiger partial charge in [-0.25, -0.2) is 13.1 Å². The van der Waals surface area contributed by atoms with E-state index >= 15 is 0 Å². The zero-order valence-electron chi connectivity index (χ0n) is 11.5. The topological polar surface area (TPSA) is 66.4 Å². The second-order valence-electron chi connectivity index (χ2n) is 5.32. The Hall–Kier alpha value is -0.620. The van der Waals surface area contributed by atoms with Crippen LogP contribution >= 0.6 is 11.6 Å². The van der Waals surface area contributed by atoms with Gasteiger partial charge in [0.05, 0.1) is 11.5 Å². The molecule has 2 N–H and O–H groups in total. The Bertz CT molecular complexity index is 570. The highest BCUT2D eigenvalue weighted by atomic mass is 35.5. The van der Waals surface area contributed by atoms with Gasteiger partial charge in [0.25, 0.3) is 0 Å². The number of aliphatic hydroxyl groups excluding tert-OH is 1. The van der Waals surface area contributed by atoms with Crippen LogP contribution in [0.2, 0.25) is 5.02 Å². The maximum atomic E-state index is 12.3. The molecule has 1 unspecified atom stereocenters. The molecular formula is C14H20ClNO3S. The third-order valence-corrected chi connectivity index (χ3v) is 5.51. The maximum absolute atomic E-state index is 12.3. The van der Waals surface area contributed by atoms with E-state index < -0.39 is 10.0 Å². The van der Waals surface area contributed by atoms with Crippen LogP contribution in [0, 0.1) is 5.92 Å². The van der Waals surface area contributed by atoms with Crippen molar-refractivity contribution in [2.24, 2.45) is 5.92 Å². The zero-order valence-corrected chi connectivity index (χ0v) is 13.0. The Kier molecular flexibility index (Phi) is 5.07. The molecule has 0 aliphatic heterocycles. The molecule has 0 amide bonds. The van der Waals surface area contributed by atoms with Gasteiger partial charge in [-0.05, 0) is 42.5 Å². The van der Waals surface area contributed by atoms with Gasteiger partial charge in [0, 0.05) is 11.1 Å². The van der Waals surface area contributed by atoms with Gasteiger partial charge in [-0.3, -0.25) is 0 Å². The first kappa shape index (κ1) is 15.8. The summed E-state index contributed by atoms with van der Waals surface area (Å²) in [6.45, 7) is 1.71. The third kappa shape index (κ3) is 3.95. The SMILES string of the molecule is CCC(CC1CC1)NS(=O)(=O)c1ccc(Cl)c(CO)c1. The fourth-order valence-corrected chi connectivity index (χ4v) is 3.74. The fraction of sp³-hybridized carbons (Fsp3) is 0.571. The van der Waals surface area contributed by atoms with Gasteiger partial charge in [-0.15, -0.1) is 0 Å². The van der Waals surface area contributed by atoms with Crippen LogP contribution in [0.1, 0.15) is 38.2 Å². The van der Waals surface area contributed by atoms with Crippen LogP contribution in [0.15, 0.2) is 23.1 Å². The molecule has 2 rings (SSSR count). The third-order valence-electron chi connectivity index (χ3n) is 3.63. The summed E-state index contributed by atoms with van der Waals surface area (Å²) >= 11 is 5.88. The molecule has 1 aromatic carbocycles. The summed E-state index contributed by atoms with van der Waals surface area (Å²) in [4.78, 5) is 0.153. The molecular weight excluding hydrogens is 298 g/mol. The van der Waals surface area contributed by atoms with Crippen molar-refractivity contribution in [2.45, 2.75) is 50.2 Å². The largest absolute Gasteiger partial charge is 0.392 e. The highest BCUT2D eigenvalue weighted by molar-refractivity contribution is 7.89. The van der Waals surface area contributed by atoms with Crippen molar-refractivity contribution in [3.63, 3.8) is 0 Å². The van der Waals surface area contributed by atoms with Crippen LogP contribution in [0.3, 0.4) is 0 Å². The summed E-state index contributed by atoms with van der Waals surface area (Å²) in [5.74, 6) is 0.667. The molecule has 1 atom stereocenters. The maximum Gasteiger partial charge on any atom is 0.240 e. The molecule has 20 heavy (non-hydrogen) atoms. The van der Waals surface area contributed by atoms with Crippen LogP contribution in [0.5, 0.6) is 0 Å². The number of halogens is 1. The first-order valence-corrected chi connectivity index (χ1v) is 8.74. The van der Waals surface area contributed by atoms with Crippen LogP contribution in [-0.2, 0) is 16.6 Å². The number of benzene rings is 1. The molecule has 1 saturated carbocycles. The van der Waals surface area contributed by atoms with Gasteiger partial charge in [-0.2, -0.15) is 0 Å². The Labute approximate surface area is 125 Å². The van der Waals surface area contributed by atoms with Crippen molar-refractivity contribution in [1.82, 2.24) is 4.72 Å². The minimum Gasteiger partial charge on any atom is -0.392 e. The summed E-state index contributed by atoms with van der Waals surface area (Å²) in [5, 5.41) is 9.54. The molecule has 1 aliphatic carbocycles. The average molecular weight is 318 g/mol. The Morgan fingerprint density at radius 1 is 1.45 bits per heavy atom. The Morgan fingerprint density at radius 2 is 2.15 bits per heavy atom. The van der Waals surface area contributed by atoms with Crippen molar-refractivity contribution < 1.29 is 13.5 Å². The molecule has 1 aromatic rings. The normalized spacial score (nSPS) is 17.1. The van der Waals surface area contributed by atoms with Crippen LogP contribution in [0.25, 0.3) is 0 Å². The Balaban J connectivity index is 2.15. The van der Waals surface area contributed by atoms with E-state index in [9.17, 15) is 8.42 Å². The number of sulfonamides is 1. The van der Waals surface area contributed by atoms with Crippen molar-refractivity contribution in [3.05, 3.63) is 28.8 Å². The minimum absolute atomic E-state index is 0.0271. The number of aliphatic hydroxyl groups is 1. The highest BCUT2D eigenvalue weighted by Gasteiger charge is 2.27. The molecule has 4 nitrogen and oxygen atoms in total. The molecule has 0 saturated heterocycles. The van der Waals surface area contributed by atoms with E-state index in [-0.39, 0.29) is 17.5 Å². The van der Waals surface area contributed by atoms with Crippen molar-refractivity contribution in [1.29, 1.82) is 0 Å². The smallest absolute Gasteiger partial charge is 0.240 e.